The van der Waals surface area contributed by atoms with Gasteiger partial charge in [0.05, 0.1) is 0 Å². The van der Waals surface area contributed by atoms with Gasteiger partial charge in [-0.3, -0.25) is 9.59 Å². The van der Waals surface area contributed by atoms with E-state index in [1.165, 1.54) is 7.05 Å². The van der Waals surface area contributed by atoms with Gasteiger partial charge >= 0.3 is 6.02 Å². The number of hydroxylamine groups is 2. The number of carbonyl (C=O) groups is 2. The maximum absolute atomic E-state index is 11.2. The predicted molar refractivity (Wildman–Crippen MR) is 49.2 cm³/mol. The molecule has 1 rings (SSSR count). The van der Waals surface area contributed by atoms with Gasteiger partial charge in [0.25, 0.3) is 11.8 Å². The molecule has 1 saturated heterocycles. The Morgan fingerprint density at radius 1 is 1.36 bits per heavy atom. The number of carbonyl (C=O) groups excluding carboxylic acids is 2. The van der Waals surface area contributed by atoms with Gasteiger partial charge in [-0.25, -0.2) is 4.99 Å². The molecule has 0 bridgehead atoms. The first kappa shape index (κ1) is 10.5. The van der Waals surface area contributed by atoms with E-state index in [0.29, 0.717) is 0 Å². The normalized spacial score (nSPS) is 17.6. The fraction of sp³-hybridized carbons (Fsp3) is 0.625. The molecular weight excluding hydrogens is 186 g/mol. The van der Waals surface area contributed by atoms with Crippen molar-refractivity contribution < 1.29 is 14.4 Å². The van der Waals surface area contributed by atoms with Crippen LogP contribution in [0.3, 0.4) is 0 Å². The van der Waals surface area contributed by atoms with Crippen LogP contribution in [0, 0.1) is 0 Å². The highest BCUT2D eigenvalue weighted by molar-refractivity contribution is 6.01. The van der Waals surface area contributed by atoms with E-state index < -0.39 is 0 Å². The molecule has 0 unspecified atom stereocenters. The van der Waals surface area contributed by atoms with Crippen LogP contribution in [0.15, 0.2) is 4.99 Å². The smallest absolute Gasteiger partial charge is 0.314 e. The summed E-state index contributed by atoms with van der Waals surface area (Å²) < 4.78 is 0. The van der Waals surface area contributed by atoms with Crippen LogP contribution >= 0.6 is 0 Å². The number of amides is 2. The Bertz CT molecular complexity index is 270. The van der Waals surface area contributed by atoms with Gasteiger partial charge in [0.2, 0.25) is 0 Å². The first-order valence-electron chi connectivity index (χ1n) is 4.24. The van der Waals surface area contributed by atoms with Crippen LogP contribution in [0.4, 0.5) is 0 Å². The van der Waals surface area contributed by atoms with Gasteiger partial charge in [-0.05, 0) is 0 Å². The number of hydrogen-bond donors (Lipinski definition) is 0. The highest BCUT2D eigenvalue weighted by Gasteiger charge is 2.32. The van der Waals surface area contributed by atoms with Crippen LogP contribution < -0.4 is 0 Å². The van der Waals surface area contributed by atoms with Gasteiger partial charge < -0.3 is 9.74 Å². The molecule has 6 nitrogen and oxygen atoms in total. The molecule has 1 heterocycles. The summed E-state index contributed by atoms with van der Waals surface area (Å²) in [7, 11) is 4.96. The second-order valence-corrected chi connectivity index (χ2v) is 3.07. The van der Waals surface area contributed by atoms with E-state index in [4.69, 9.17) is 4.84 Å². The Morgan fingerprint density at radius 3 is 2.21 bits per heavy atom. The average Bonchev–Trinajstić information content (AvgIpc) is 2.43. The average molecular weight is 199 g/mol. The molecule has 1 aliphatic rings. The Labute approximate surface area is 82.1 Å². The predicted octanol–water partition coefficient (Wildman–Crippen LogP) is -0.386. The van der Waals surface area contributed by atoms with Crippen LogP contribution in [0.5, 0.6) is 0 Å². The summed E-state index contributed by atoms with van der Waals surface area (Å²) in [6, 6.07) is 0.230. The zero-order valence-electron chi connectivity index (χ0n) is 8.48. The fourth-order valence-electron chi connectivity index (χ4n) is 1.06. The topological polar surface area (TPSA) is 62.2 Å². The monoisotopic (exact) mass is 199 g/mol. The third kappa shape index (κ3) is 2.01. The lowest BCUT2D eigenvalue weighted by Crippen LogP contribution is -2.37. The molecule has 0 saturated carbocycles. The molecule has 0 aromatic rings. The van der Waals surface area contributed by atoms with Crippen LogP contribution in [-0.2, 0) is 14.4 Å². The van der Waals surface area contributed by atoms with Gasteiger partial charge in [0.1, 0.15) is 0 Å². The maximum atomic E-state index is 11.2. The highest BCUT2D eigenvalue weighted by Crippen LogP contribution is 2.12. The van der Waals surface area contributed by atoms with E-state index in [2.05, 4.69) is 4.99 Å². The number of nitrogens with zero attached hydrogens (tertiary/aromatic N) is 3. The Hall–Kier alpha value is -1.59. The first-order valence-corrected chi connectivity index (χ1v) is 4.24. The van der Waals surface area contributed by atoms with Crippen molar-refractivity contribution in [2.24, 2.45) is 4.99 Å². The second-order valence-electron chi connectivity index (χ2n) is 3.07. The summed E-state index contributed by atoms with van der Waals surface area (Å²) >= 11 is 0. The summed E-state index contributed by atoms with van der Waals surface area (Å²) in [6.45, 7) is 0. The van der Waals surface area contributed by atoms with Crippen LogP contribution in [0.2, 0.25) is 0 Å². The van der Waals surface area contributed by atoms with E-state index in [-0.39, 0.29) is 30.7 Å². The molecule has 0 radical (unpaired) electrons. The maximum Gasteiger partial charge on any atom is 0.314 e. The molecule has 1 aliphatic heterocycles. The van der Waals surface area contributed by atoms with Gasteiger partial charge in [-0.15, -0.1) is 5.06 Å². The summed E-state index contributed by atoms with van der Waals surface area (Å²) in [5.41, 5.74) is 0. The molecule has 0 N–H and O–H groups in total. The molecule has 6 heteroatoms. The van der Waals surface area contributed by atoms with Crippen molar-refractivity contribution in [2.75, 3.05) is 21.1 Å². The molecule has 78 valence electrons. The largest absolute Gasteiger partial charge is 0.331 e. The molecule has 2 amide bonds. The molecular formula is C8H13N3O3. The SMILES string of the molecule is C/N=C(/ON1C(=O)CCC1=O)N(C)C. The Morgan fingerprint density at radius 2 is 1.86 bits per heavy atom. The molecule has 0 aromatic heterocycles. The molecule has 0 aliphatic carbocycles. The van der Waals surface area contributed by atoms with Crippen LogP contribution in [0.25, 0.3) is 0 Å². The van der Waals surface area contributed by atoms with E-state index in [1.54, 1.807) is 19.0 Å². The van der Waals surface area contributed by atoms with Crippen LogP contribution in [0.1, 0.15) is 12.8 Å². The van der Waals surface area contributed by atoms with Gasteiger partial charge in [-0.1, -0.05) is 0 Å². The minimum Gasteiger partial charge on any atom is -0.331 e. The van der Waals surface area contributed by atoms with Crippen molar-refractivity contribution in [2.45, 2.75) is 12.8 Å². The Kier molecular flexibility index (Phi) is 3.06. The highest BCUT2D eigenvalue weighted by atomic mass is 16.7. The lowest BCUT2D eigenvalue weighted by Gasteiger charge is -2.19. The van der Waals surface area contributed by atoms with E-state index in [1.807, 2.05) is 0 Å². The van der Waals surface area contributed by atoms with Gasteiger partial charge in [0.15, 0.2) is 0 Å². The zero-order valence-corrected chi connectivity index (χ0v) is 8.48. The molecule has 14 heavy (non-hydrogen) atoms. The minimum absolute atomic E-state index is 0.212. The standard InChI is InChI=1S/C8H13N3O3/c1-9-8(10(2)3)14-11-6(12)4-5-7(11)13/h4-5H2,1-3H3/b9-8+. The summed E-state index contributed by atoms with van der Waals surface area (Å²) in [4.78, 5) is 32.8. The van der Waals surface area contributed by atoms with Crippen molar-refractivity contribution in [1.82, 2.24) is 9.96 Å². The molecule has 0 aromatic carbocycles. The number of aliphatic imine (C=N–C) groups is 1. The number of hydrogen-bond acceptors (Lipinski definition) is 4. The summed E-state index contributed by atoms with van der Waals surface area (Å²) in [5, 5.41) is 0.766. The second kappa shape index (κ2) is 4.08. The van der Waals surface area contributed by atoms with Crippen molar-refractivity contribution in [3.63, 3.8) is 0 Å². The lowest BCUT2D eigenvalue weighted by atomic mass is 10.4. The summed E-state index contributed by atoms with van der Waals surface area (Å²) in [5.74, 6) is -0.643. The number of amidine groups is 1. The summed E-state index contributed by atoms with van der Waals surface area (Å²) in [6.07, 6.45) is 0.423. The van der Waals surface area contributed by atoms with E-state index >= 15 is 0 Å². The quantitative estimate of drug-likeness (QED) is 0.328. The van der Waals surface area contributed by atoms with E-state index in [0.717, 1.165) is 5.06 Å². The molecule has 1 fully saturated rings. The number of imide groups is 1. The lowest BCUT2D eigenvalue weighted by molar-refractivity contribution is -0.168. The first-order chi connectivity index (χ1) is 6.56. The van der Waals surface area contributed by atoms with Crippen molar-refractivity contribution >= 4 is 17.8 Å². The number of rotatable bonds is 1. The van der Waals surface area contributed by atoms with Gasteiger partial charge in [-0.2, -0.15) is 0 Å². The van der Waals surface area contributed by atoms with Crippen molar-refractivity contribution in [3.05, 3.63) is 0 Å². The zero-order chi connectivity index (χ0) is 10.7. The molecule has 0 spiro atoms. The minimum atomic E-state index is -0.321. The van der Waals surface area contributed by atoms with Gasteiger partial charge in [0, 0.05) is 34.0 Å². The third-order valence-corrected chi connectivity index (χ3v) is 1.75. The molecule has 0 atom stereocenters. The fourth-order valence-corrected chi connectivity index (χ4v) is 1.06. The van der Waals surface area contributed by atoms with Crippen molar-refractivity contribution in [1.29, 1.82) is 0 Å². The van der Waals surface area contributed by atoms with Crippen LogP contribution in [-0.4, -0.2) is 48.9 Å². The third-order valence-electron chi connectivity index (χ3n) is 1.75. The van der Waals surface area contributed by atoms with Crippen molar-refractivity contribution in [3.8, 4) is 0 Å². The Balaban J connectivity index is 2.67. The van der Waals surface area contributed by atoms with E-state index in [9.17, 15) is 9.59 Å².